The van der Waals surface area contributed by atoms with Gasteiger partial charge in [-0.2, -0.15) is 5.10 Å². The molecular formula is C22H20N6O2. The van der Waals surface area contributed by atoms with Gasteiger partial charge in [-0.15, -0.1) is 0 Å². The zero-order valence-electron chi connectivity index (χ0n) is 16.4. The highest BCUT2D eigenvalue weighted by molar-refractivity contribution is 6.04. The molecule has 0 saturated heterocycles. The first-order valence-electron chi connectivity index (χ1n) is 9.41. The minimum atomic E-state index is -0.325. The lowest BCUT2D eigenvalue weighted by Crippen LogP contribution is -2.14. The van der Waals surface area contributed by atoms with Gasteiger partial charge in [0.05, 0.1) is 30.2 Å². The molecule has 0 radical (unpaired) electrons. The van der Waals surface area contributed by atoms with Crippen LogP contribution in [0, 0.1) is 0 Å². The van der Waals surface area contributed by atoms with Gasteiger partial charge in [-0.3, -0.25) is 19.4 Å². The Morgan fingerprint density at radius 2 is 1.87 bits per heavy atom. The van der Waals surface area contributed by atoms with Gasteiger partial charge in [0, 0.05) is 37.5 Å². The fraction of sp³-hybridized carbons (Fsp3) is 0.136. The van der Waals surface area contributed by atoms with E-state index in [0.717, 1.165) is 5.56 Å². The second-order valence-corrected chi connectivity index (χ2v) is 6.46. The highest BCUT2D eigenvalue weighted by Crippen LogP contribution is 2.25. The molecular weight excluding hydrogens is 380 g/mol. The van der Waals surface area contributed by atoms with Gasteiger partial charge in [0.2, 0.25) is 0 Å². The maximum atomic E-state index is 12.9. The number of rotatable bonds is 7. The number of carbonyl (C=O) groups is 1. The summed E-state index contributed by atoms with van der Waals surface area (Å²) in [4.78, 5) is 25.8. The lowest BCUT2D eigenvalue weighted by molar-refractivity contribution is 0.102. The predicted octanol–water partition coefficient (Wildman–Crippen LogP) is 3.30. The van der Waals surface area contributed by atoms with Crippen LogP contribution in [0.4, 0.5) is 5.69 Å². The number of hydrogen-bond acceptors (Lipinski definition) is 6. The van der Waals surface area contributed by atoms with Crippen molar-refractivity contribution >= 4 is 11.6 Å². The molecule has 0 aliphatic heterocycles. The predicted molar refractivity (Wildman–Crippen MR) is 113 cm³/mol. The van der Waals surface area contributed by atoms with Crippen molar-refractivity contribution in [1.82, 2.24) is 24.7 Å². The van der Waals surface area contributed by atoms with Crippen molar-refractivity contribution in [2.45, 2.75) is 6.54 Å². The molecule has 0 atom stereocenters. The van der Waals surface area contributed by atoms with Crippen molar-refractivity contribution < 1.29 is 9.53 Å². The summed E-state index contributed by atoms with van der Waals surface area (Å²) in [6.45, 7) is 1.06. The Morgan fingerprint density at radius 3 is 2.63 bits per heavy atom. The molecule has 0 spiro atoms. The van der Waals surface area contributed by atoms with Gasteiger partial charge < -0.3 is 10.1 Å². The van der Waals surface area contributed by atoms with Gasteiger partial charge in [0.15, 0.2) is 0 Å². The van der Waals surface area contributed by atoms with E-state index in [0.29, 0.717) is 41.6 Å². The maximum absolute atomic E-state index is 12.9. The van der Waals surface area contributed by atoms with Crippen LogP contribution >= 0.6 is 0 Å². The number of anilines is 1. The van der Waals surface area contributed by atoms with Crippen molar-refractivity contribution in [3.05, 3.63) is 79.0 Å². The van der Waals surface area contributed by atoms with E-state index in [2.05, 4.69) is 25.4 Å². The highest BCUT2D eigenvalue weighted by atomic mass is 16.5. The normalized spacial score (nSPS) is 10.7. The molecule has 1 N–H and O–H groups in total. The molecule has 4 aromatic heterocycles. The Labute approximate surface area is 173 Å². The van der Waals surface area contributed by atoms with Gasteiger partial charge >= 0.3 is 0 Å². The quantitative estimate of drug-likeness (QED) is 0.511. The lowest BCUT2D eigenvalue weighted by atomic mass is 10.1. The number of ether oxygens (including phenoxy) is 1. The molecule has 4 heterocycles. The van der Waals surface area contributed by atoms with Gasteiger partial charge in [-0.25, -0.2) is 4.98 Å². The third kappa shape index (κ3) is 4.39. The van der Waals surface area contributed by atoms with E-state index in [1.807, 2.05) is 36.4 Å². The summed E-state index contributed by atoms with van der Waals surface area (Å²) in [7, 11) is 1.63. The summed E-state index contributed by atoms with van der Waals surface area (Å²) >= 11 is 0. The Bertz CT molecular complexity index is 1130. The Balaban J connectivity index is 1.62. The van der Waals surface area contributed by atoms with Crippen molar-refractivity contribution in [2.24, 2.45) is 0 Å². The lowest BCUT2D eigenvalue weighted by Gasteiger charge is -2.06. The number of carbonyl (C=O) groups excluding carboxylic acids is 1. The molecule has 0 aliphatic rings. The van der Waals surface area contributed by atoms with E-state index in [1.54, 1.807) is 48.7 Å². The summed E-state index contributed by atoms with van der Waals surface area (Å²) in [5.41, 5.74) is 3.71. The minimum absolute atomic E-state index is 0.306. The third-order valence-electron chi connectivity index (χ3n) is 4.40. The van der Waals surface area contributed by atoms with Crippen molar-refractivity contribution in [1.29, 1.82) is 0 Å². The first kappa shape index (κ1) is 19.4. The van der Waals surface area contributed by atoms with Crippen LogP contribution in [0.25, 0.3) is 22.6 Å². The van der Waals surface area contributed by atoms with Gasteiger partial charge in [0.1, 0.15) is 11.4 Å². The van der Waals surface area contributed by atoms with E-state index in [4.69, 9.17) is 4.74 Å². The van der Waals surface area contributed by atoms with Crippen LogP contribution in [-0.2, 0) is 11.3 Å². The second kappa shape index (κ2) is 9.06. The van der Waals surface area contributed by atoms with Crippen LogP contribution in [0.1, 0.15) is 10.5 Å². The smallest absolute Gasteiger partial charge is 0.274 e. The number of nitrogens with zero attached hydrogens (tertiary/aromatic N) is 5. The molecule has 8 nitrogen and oxygen atoms in total. The molecule has 0 saturated carbocycles. The second-order valence-electron chi connectivity index (χ2n) is 6.46. The zero-order valence-corrected chi connectivity index (χ0v) is 16.4. The zero-order chi connectivity index (χ0) is 20.8. The molecule has 4 aromatic rings. The Hall–Kier alpha value is -3.91. The summed E-state index contributed by atoms with van der Waals surface area (Å²) in [6.07, 6.45) is 6.84. The molecule has 0 unspecified atom stereocenters. The number of nitrogens with one attached hydrogen (secondary N) is 1. The topological polar surface area (TPSA) is 94.8 Å². The van der Waals surface area contributed by atoms with Gasteiger partial charge in [0.25, 0.3) is 5.91 Å². The van der Waals surface area contributed by atoms with E-state index >= 15 is 0 Å². The van der Waals surface area contributed by atoms with E-state index in [-0.39, 0.29) is 5.91 Å². The average molecular weight is 400 g/mol. The first-order valence-corrected chi connectivity index (χ1v) is 9.41. The number of aromatic nitrogens is 5. The number of hydrogen-bond donors (Lipinski definition) is 1. The van der Waals surface area contributed by atoms with Crippen LogP contribution in [0.2, 0.25) is 0 Å². The van der Waals surface area contributed by atoms with Crippen molar-refractivity contribution in [3.63, 3.8) is 0 Å². The van der Waals surface area contributed by atoms with E-state index < -0.39 is 0 Å². The van der Waals surface area contributed by atoms with Crippen LogP contribution in [-0.4, -0.2) is 44.4 Å². The summed E-state index contributed by atoms with van der Waals surface area (Å²) in [5.74, 6) is -0.325. The molecule has 30 heavy (non-hydrogen) atoms. The highest BCUT2D eigenvalue weighted by Gasteiger charge is 2.17. The van der Waals surface area contributed by atoms with Crippen LogP contribution in [0.5, 0.6) is 0 Å². The number of pyridine rings is 3. The molecule has 4 rings (SSSR count). The first-order chi connectivity index (χ1) is 14.7. The molecule has 0 bridgehead atoms. The Morgan fingerprint density at radius 1 is 1.03 bits per heavy atom. The molecule has 8 heteroatoms. The molecule has 0 aromatic carbocycles. The van der Waals surface area contributed by atoms with Gasteiger partial charge in [-0.05, 0) is 36.4 Å². The maximum Gasteiger partial charge on any atom is 0.274 e. The van der Waals surface area contributed by atoms with E-state index in [9.17, 15) is 4.79 Å². The minimum Gasteiger partial charge on any atom is -0.383 e. The number of amides is 1. The van der Waals surface area contributed by atoms with Gasteiger partial charge in [-0.1, -0.05) is 12.1 Å². The monoisotopic (exact) mass is 400 g/mol. The average Bonchev–Trinajstić information content (AvgIpc) is 3.21. The largest absolute Gasteiger partial charge is 0.383 e. The van der Waals surface area contributed by atoms with Crippen molar-refractivity contribution in [2.75, 3.05) is 19.0 Å². The number of methoxy groups -OCH3 is 1. The molecule has 150 valence electrons. The summed E-state index contributed by atoms with van der Waals surface area (Å²) in [6, 6.07) is 14.6. The third-order valence-corrected chi connectivity index (χ3v) is 4.40. The molecule has 1 amide bonds. The fourth-order valence-electron chi connectivity index (χ4n) is 2.94. The fourth-order valence-corrected chi connectivity index (χ4v) is 2.94. The van der Waals surface area contributed by atoms with Crippen LogP contribution < -0.4 is 5.32 Å². The summed E-state index contributed by atoms with van der Waals surface area (Å²) < 4.78 is 6.85. The van der Waals surface area contributed by atoms with Crippen molar-refractivity contribution in [3.8, 4) is 22.6 Å². The van der Waals surface area contributed by atoms with E-state index in [1.165, 1.54) is 0 Å². The standard InChI is InChI=1S/C22H20N6O2/c1-30-14-13-28-15-20(21(27-28)18-5-2-3-10-24-18)26-22(29)19-7-4-6-17(25-19)16-8-11-23-12-9-16/h2-12,15H,13-14H2,1H3,(H,26,29). The Kier molecular flexibility index (Phi) is 5.86. The summed E-state index contributed by atoms with van der Waals surface area (Å²) in [5, 5.41) is 7.48. The molecule has 0 fully saturated rings. The van der Waals surface area contributed by atoms with Crippen LogP contribution in [0.15, 0.2) is 73.3 Å². The SMILES string of the molecule is COCCn1cc(NC(=O)c2cccc(-c3ccncc3)n2)c(-c2ccccn2)n1. The van der Waals surface area contributed by atoms with Crippen LogP contribution in [0.3, 0.4) is 0 Å². The molecule has 0 aliphatic carbocycles.